The Hall–Kier alpha value is -4.13. The summed E-state index contributed by atoms with van der Waals surface area (Å²) in [4.78, 5) is 39.0. The van der Waals surface area contributed by atoms with Gasteiger partial charge < -0.3 is 20.3 Å². The van der Waals surface area contributed by atoms with E-state index in [1.54, 1.807) is 29.2 Å². The molecule has 0 aliphatic carbocycles. The summed E-state index contributed by atoms with van der Waals surface area (Å²) in [5, 5.41) is 5.76. The van der Waals surface area contributed by atoms with Gasteiger partial charge in [-0.2, -0.15) is 0 Å². The van der Waals surface area contributed by atoms with E-state index in [1.165, 1.54) is 5.56 Å². The van der Waals surface area contributed by atoms with E-state index < -0.39 is 5.92 Å². The lowest BCUT2D eigenvalue weighted by molar-refractivity contribution is -0.126. The van der Waals surface area contributed by atoms with Crippen molar-refractivity contribution in [1.29, 1.82) is 0 Å². The van der Waals surface area contributed by atoms with E-state index in [9.17, 15) is 14.4 Å². The highest BCUT2D eigenvalue weighted by Gasteiger charge is 2.35. The number of para-hydroxylation sites is 1. The number of nitrogens with zero attached hydrogens (tertiary/aromatic N) is 1. The van der Waals surface area contributed by atoms with Crippen molar-refractivity contribution in [3.8, 4) is 5.75 Å². The van der Waals surface area contributed by atoms with Gasteiger partial charge in [0.2, 0.25) is 11.8 Å². The van der Waals surface area contributed by atoms with E-state index in [0.29, 0.717) is 24.5 Å². The number of ether oxygens (including phenoxy) is 1. The molecular formula is C28H29N3O4. The fourth-order valence-corrected chi connectivity index (χ4v) is 3.94. The summed E-state index contributed by atoms with van der Waals surface area (Å²) in [5.74, 6) is -0.341. The maximum Gasteiger partial charge on any atom is 0.262 e. The molecule has 3 amide bonds. The van der Waals surface area contributed by atoms with Crippen LogP contribution in [0.3, 0.4) is 0 Å². The highest BCUT2D eigenvalue weighted by molar-refractivity contribution is 6.00. The first-order chi connectivity index (χ1) is 16.9. The Morgan fingerprint density at radius 3 is 2.40 bits per heavy atom. The fourth-order valence-electron chi connectivity index (χ4n) is 3.94. The van der Waals surface area contributed by atoms with Crippen molar-refractivity contribution in [2.75, 3.05) is 23.4 Å². The van der Waals surface area contributed by atoms with E-state index in [1.807, 2.05) is 62.4 Å². The van der Waals surface area contributed by atoms with Crippen LogP contribution in [0.25, 0.3) is 0 Å². The number of nitrogens with one attached hydrogen (secondary N) is 2. The minimum atomic E-state index is -0.394. The number of benzene rings is 3. The van der Waals surface area contributed by atoms with E-state index >= 15 is 0 Å². The van der Waals surface area contributed by atoms with Gasteiger partial charge in [-0.25, -0.2) is 0 Å². The number of hydrogen-bond donors (Lipinski definition) is 2. The van der Waals surface area contributed by atoms with Crippen molar-refractivity contribution in [3.05, 3.63) is 89.5 Å². The van der Waals surface area contributed by atoms with Crippen molar-refractivity contribution in [3.63, 3.8) is 0 Å². The van der Waals surface area contributed by atoms with E-state index in [2.05, 4.69) is 10.6 Å². The summed E-state index contributed by atoms with van der Waals surface area (Å²) < 4.78 is 5.59. The first-order valence-corrected chi connectivity index (χ1v) is 11.6. The standard InChI is InChI=1S/C28H29N3O4/c1-19-7-9-21(10-8-19)16-29-28(34)22-15-27(33)31(17-22)23-11-13-24(14-12-23)35-18-26(32)30-25-6-4-3-5-20(25)2/h3-14,22H,15-18H2,1-2H3,(H,29,34)(H,30,32)/t22-/m1/s1. The normalized spacial score (nSPS) is 15.1. The van der Waals surface area contributed by atoms with Crippen LogP contribution in [0, 0.1) is 19.8 Å². The van der Waals surface area contributed by atoms with Gasteiger partial charge in [-0.05, 0) is 55.3 Å². The highest BCUT2D eigenvalue weighted by atomic mass is 16.5. The SMILES string of the molecule is Cc1ccc(CNC(=O)[C@@H]2CC(=O)N(c3ccc(OCC(=O)Nc4ccccc4C)cc3)C2)cc1. The molecule has 4 rings (SSSR count). The van der Waals surface area contributed by atoms with Gasteiger partial charge in [0.25, 0.3) is 5.91 Å². The lowest BCUT2D eigenvalue weighted by Gasteiger charge is -2.17. The molecule has 0 spiro atoms. The lowest BCUT2D eigenvalue weighted by atomic mass is 10.1. The summed E-state index contributed by atoms with van der Waals surface area (Å²) in [6.45, 7) is 4.58. The smallest absolute Gasteiger partial charge is 0.262 e. The van der Waals surface area contributed by atoms with Crippen molar-refractivity contribution >= 4 is 29.1 Å². The average molecular weight is 472 g/mol. The van der Waals surface area contributed by atoms with Gasteiger partial charge in [0.1, 0.15) is 5.75 Å². The minimum absolute atomic E-state index is 0.0910. The van der Waals surface area contributed by atoms with Gasteiger partial charge in [0.05, 0.1) is 5.92 Å². The number of hydrogen-bond acceptors (Lipinski definition) is 4. The molecule has 1 saturated heterocycles. The van der Waals surface area contributed by atoms with Crippen LogP contribution >= 0.6 is 0 Å². The third-order valence-electron chi connectivity index (χ3n) is 6.02. The number of aryl methyl sites for hydroxylation is 2. The highest BCUT2D eigenvalue weighted by Crippen LogP contribution is 2.27. The first kappa shape index (κ1) is 24.0. The van der Waals surface area contributed by atoms with E-state index in [-0.39, 0.29) is 30.7 Å². The molecule has 0 radical (unpaired) electrons. The Morgan fingerprint density at radius 1 is 0.971 bits per heavy atom. The molecule has 1 atom stereocenters. The summed E-state index contributed by atoms with van der Waals surface area (Å²) >= 11 is 0. The summed E-state index contributed by atoms with van der Waals surface area (Å²) in [6, 6.07) is 22.5. The molecule has 1 aliphatic rings. The minimum Gasteiger partial charge on any atom is -0.484 e. The van der Waals surface area contributed by atoms with Crippen LogP contribution in [0.5, 0.6) is 5.75 Å². The molecule has 35 heavy (non-hydrogen) atoms. The van der Waals surface area contributed by atoms with Gasteiger partial charge in [-0.3, -0.25) is 14.4 Å². The van der Waals surface area contributed by atoms with Crippen LogP contribution < -0.4 is 20.3 Å². The van der Waals surface area contributed by atoms with Gasteiger partial charge >= 0.3 is 0 Å². The maximum atomic E-state index is 12.6. The fraction of sp³-hybridized carbons (Fsp3) is 0.250. The van der Waals surface area contributed by atoms with Crippen molar-refractivity contribution in [2.45, 2.75) is 26.8 Å². The van der Waals surface area contributed by atoms with Crippen LogP contribution in [-0.4, -0.2) is 30.9 Å². The summed E-state index contributed by atoms with van der Waals surface area (Å²) in [7, 11) is 0. The second-order valence-electron chi connectivity index (χ2n) is 8.75. The third-order valence-corrected chi connectivity index (χ3v) is 6.02. The van der Waals surface area contributed by atoms with E-state index in [0.717, 1.165) is 16.8 Å². The predicted molar refractivity (Wildman–Crippen MR) is 135 cm³/mol. The quantitative estimate of drug-likeness (QED) is 0.520. The zero-order valence-corrected chi connectivity index (χ0v) is 19.9. The van der Waals surface area contributed by atoms with Gasteiger partial charge in [-0.15, -0.1) is 0 Å². The molecular weight excluding hydrogens is 442 g/mol. The molecule has 0 saturated carbocycles. The van der Waals surface area contributed by atoms with E-state index in [4.69, 9.17) is 4.74 Å². The van der Waals surface area contributed by atoms with Gasteiger partial charge in [-0.1, -0.05) is 48.0 Å². The number of carbonyl (C=O) groups excluding carboxylic acids is 3. The zero-order chi connectivity index (χ0) is 24.8. The largest absolute Gasteiger partial charge is 0.484 e. The third kappa shape index (κ3) is 6.26. The average Bonchev–Trinajstić information content (AvgIpc) is 3.25. The molecule has 0 aromatic heterocycles. The Labute approximate surface area is 205 Å². The Morgan fingerprint density at radius 2 is 1.69 bits per heavy atom. The molecule has 7 heteroatoms. The number of amides is 3. The van der Waals surface area contributed by atoms with Crippen LogP contribution in [-0.2, 0) is 20.9 Å². The second-order valence-corrected chi connectivity index (χ2v) is 8.75. The van der Waals surface area contributed by atoms with Crippen molar-refractivity contribution < 1.29 is 19.1 Å². The van der Waals surface area contributed by atoms with Crippen LogP contribution in [0.1, 0.15) is 23.1 Å². The molecule has 2 N–H and O–H groups in total. The number of rotatable bonds is 8. The Balaban J connectivity index is 1.27. The Bertz CT molecular complexity index is 1210. The molecule has 3 aromatic carbocycles. The van der Waals surface area contributed by atoms with Crippen LogP contribution in [0.15, 0.2) is 72.8 Å². The monoisotopic (exact) mass is 471 g/mol. The predicted octanol–water partition coefficient (Wildman–Crippen LogP) is 3.99. The molecule has 1 aliphatic heterocycles. The summed E-state index contributed by atoms with van der Waals surface area (Å²) in [5.41, 5.74) is 4.61. The molecule has 7 nitrogen and oxygen atoms in total. The molecule has 0 unspecified atom stereocenters. The number of anilines is 2. The zero-order valence-electron chi connectivity index (χ0n) is 19.9. The van der Waals surface area contributed by atoms with Gasteiger partial charge in [0.15, 0.2) is 6.61 Å². The maximum absolute atomic E-state index is 12.6. The molecule has 180 valence electrons. The molecule has 3 aromatic rings. The van der Waals surface area contributed by atoms with Crippen LogP contribution in [0.2, 0.25) is 0 Å². The summed E-state index contributed by atoms with van der Waals surface area (Å²) in [6.07, 6.45) is 0.178. The number of carbonyl (C=O) groups is 3. The van der Waals surface area contributed by atoms with Crippen molar-refractivity contribution in [2.24, 2.45) is 5.92 Å². The Kier molecular flexibility index (Phi) is 7.45. The second kappa shape index (κ2) is 10.9. The van der Waals surface area contributed by atoms with Crippen molar-refractivity contribution in [1.82, 2.24) is 5.32 Å². The van der Waals surface area contributed by atoms with Gasteiger partial charge in [0, 0.05) is 30.9 Å². The molecule has 0 bridgehead atoms. The molecule has 1 heterocycles. The van der Waals surface area contributed by atoms with Crippen LogP contribution in [0.4, 0.5) is 11.4 Å². The lowest BCUT2D eigenvalue weighted by Crippen LogP contribution is -2.32. The molecule has 1 fully saturated rings. The topological polar surface area (TPSA) is 87.7 Å². The first-order valence-electron chi connectivity index (χ1n) is 11.6.